The molecule has 0 saturated heterocycles. The first-order valence-electron chi connectivity index (χ1n) is 40.4. The zero-order valence-electron chi connectivity index (χ0n) is 76.1. The number of aromatic nitrogens is 6. The Morgan fingerprint density at radius 3 is 0.545 bits per heavy atom. The molecule has 54 heteroatoms. The number of aliphatic hydroxyl groups is 12. The quantitative estimate of drug-likeness (QED) is 0.0104. The molecular formula is C80H118N16Na2O30S6. The number of nitrogens with zero attached hydrogens (tertiary/aromatic N) is 10. The van der Waals surface area contributed by atoms with Crippen molar-refractivity contribution in [3.05, 3.63) is 145 Å². The van der Waals surface area contributed by atoms with Gasteiger partial charge in [0.25, 0.3) is 40.5 Å². The first-order valence-corrected chi connectivity index (χ1v) is 48.9. The van der Waals surface area contributed by atoms with E-state index in [1.54, 1.807) is 83.1 Å². The van der Waals surface area contributed by atoms with Gasteiger partial charge in [0.15, 0.2) is 0 Å². The summed E-state index contributed by atoms with van der Waals surface area (Å²) < 4.78 is 209. The summed E-state index contributed by atoms with van der Waals surface area (Å²) in [7, 11) is -29.4. The van der Waals surface area contributed by atoms with Crippen molar-refractivity contribution in [3.8, 4) is 0 Å². The average molecular weight is 2020 g/mol. The minimum Gasteiger partial charge on any atom is -0.744 e. The molecule has 6 aromatic carbocycles. The van der Waals surface area contributed by atoms with Crippen molar-refractivity contribution >= 4 is 143 Å². The van der Waals surface area contributed by atoms with Gasteiger partial charge in [-0.3, -0.25) is 37.8 Å². The van der Waals surface area contributed by atoms with Crippen molar-refractivity contribution in [1.29, 1.82) is 0 Å². The zero-order valence-corrected chi connectivity index (χ0v) is 85.0. The van der Waals surface area contributed by atoms with Gasteiger partial charge >= 0.3 is 59.1 Å². The fraction of sp³-hybridized carbons (Fsp3) is 0.450. The van der Waals surface area contributed by atoms with Gasteiger partial charge in [-0.1, -0.05) is 48.6 Å². The molecule has 736 valence electrons. The number of nitrogens with one attached hydrogen (secondary N) is 6. The standard InChI is InChI=1S/C44H36N12O18S6.4C9H21NO3.2Na/c57-75(58,59)33-9-1-5-27(19-33)45-39-51-40(46-28-6-2-10-34(20-28)76(60,61)62)54-43(53-39)49-31-17-15-25(37(23-31)79(69,70)71)13-14-26-16-18-32(24-38(26)80(72,73)74)50-44-55-41(47-29-7-3-11-35(21-29)77(63,64)65)52-42(56-44)48-30-8-4-12-36(22-30)78(66,67)68;4*1-7(11)4-10(5-8(2)12)6-9(3)13;;/h1-24H,(H,57,58,59)(H,60,61,62)(H,63,64,65)(H,66,67,68)(H,69,70,71)(H,72,73,74)(H3,45,46,49,51,53,54)(H3,47,48,50,52,55,56);4*7-9,11-13H,4-6H2,1-3H3;;/q;;;;;2*+1/p-2/b14-13+;;;;;;. The second-order valence-corrected chi connectivity index (χ2v) is 39.6. The van der Waals surface area contributed by atoms with Gasteiger partial charge in [0.1, 0.15) is 20.2 Å². The third-order valence-electron chi connectivity index (χ3n) is 16.6. The number of hydrogen-bond acceptors (Lipinski definition) is 42. The van der Waals surface area contributed by atoms with Crippen LogP contribution in [-0.2, 0) is 60.7 Å². The van der Waals surface area contributed by atoms with E-state index in [-0.39, 0.29) is 140 Å². The molecule has 2 aromatic heterocycles. The van der Waals surface area contributed by atoms with Crippen LogP contribution in [0.15, 0.2) is 163 Å². The predicted molar refractivity (Wildman–Crippen MR) is 488 cm³/mol. The molecule has 0 aliphatic carbocycles. The Labute approximate surface area is 824 Å². The van der Waals surface area contributed by atoms with Crippen molar-refractivity contribution in [3.63, 3.8) is 0 Å². The summed E-state index contributed by atoms with van der Waals surface area (Å²) in [6.45, 7) is 26.1. The molecule has 0 bridgehead atoms. The summed E-state index contributed by atoms with van der Waals surface area (Å²) in [5.41, 5.74) is -0.871. The Morgan fingerprint density at radius 2 is 0.410 bits per heavy atom. The van der Waals surface area contributed by atoms with E-state index in [1.807, 2.05) is 19.6 Å². The Balaban J connectivity index is 0.000000904. The number of aliphatic hydroxyl groups excluding tert-OH is 12. The van der Waals surface area contributed by atoms with Crippen LogP contribution in [0.2, 0.25) is 0 Å². The van der Waals surface area contributed by atoms with Crippen LogP contribution in [0.1, 0.15) is 94.2 Å². The van der Waals surface area contributed by atoms with Gasteiger partial charge in [0.05, 0.1) is 103 Å². The van der Waals surface area contributed by atoms with E-state index < -0.39 is 163 Å². The van der Waals surface area contributed by atoms with Gasteiger partial charge < -0.3 is 102 Å². The fourth-order valence-corrected chi connectivity index (χ4v) is 15.8. The molecule has 8 aromatic rings. The van der Waals surface area contributed by atoms with E-state index in [4.69, 9.17) is 61.3 Å². The minimum absolute atomic E-state index is 0. The van der Waals surface area contributed by atoms with Crippen LogP contribution in [0.25, 0.3) is 12.2 Å². The van der Waals surface area contributed by atoms with E-state index >= 15 is 0 Å². The topological polar surface area (TPSA) is 737 Å². The monoisotopic (exact) mass is 2020 g/mol. The van der Waals surface area contributed by atoms with Gasteiger partial charge in [0, 0.05) is 113 Å². The molecule has 46 nitrogen and oxygen atoms in total. The van der Waals surface area contributed by atoms with E-state index in [2.05, 4.69) is 61.8 Å². The molecule has 0 radical (unpaired) electrons. The molecule has 2 heterocycles. The number of hydrogen-bond donors (Lipinski definition) is 22. The first kappa shape index (κ1) is 123. The van der Waals surface area contributed by atoms with Crippen molar-refractivity contribution in [2.75, 3.05) is 110 Å². The van der Waals surface area contributed by atoms with Crippen LogP contribution < -0.4 is 91.0 Å². The molecule has 12 unspecified atom stereocenters. The Morgan fingerprint density at radius 1 is 0.261 bits per heavy atom. The normalized spacial score (nSPS) is 14.7. The molecule has 0 spiro atoms. The van der Waals surface area contributed by atoms with Gasteiger partial charge in [-0.15, -0.1) is 0 Å². The molecule has 8 rings (SSSR count). The van der Waals surface area contributed by atoms with Gasteiger partial charge in [0.2, 0.25) is 35.7 Å². The van der Waals surface area contributed by atoms with Crippen LogP contribution in [-0.4, -0.2) is 340 Å². The maximum Gasteiger partial charge on any atom is 1.00 e. The molecule has 134 heavy (non-hydrogen) atoms. The Bertz CT molecular complexity index is 5060. The Kier molecular flexibility index (Phi) is 52.5. The molecule has 0 aliphatic heterocycles. The Hall–Kier alpha value is -7.30. The van der Waals surface area contributed by atoms with Crippen molar-refractivity contribution in [1.82, 2.24) is 49.5 Å². The summed E-state index contributed by atoms with van der Waals surface area (Å²) in [6, 6.07) is 25.5. The maximum absolute atomic E-state index is 12.7. The van der Waals surface area contributed by atoms with Crippen LogP contribution >= 0.6 is 0 Å². The molecule has 0 aliphatic rings. The third kappa shape index (κ3) is 49.8. The van der Waals surface area contributed by atoms with Crippen LogP contribution in [0.3, 0.4) is 0 Å². The van der Waals surface area contributed by atoms with Crippen LogP contribution in [0, 0.1) is 0 Å². The SMILES string of the molecule is CC(O)CN(CC(C)O)CC(C)O.CC(O)CN(CC(C)O)CC(C)O.CC(O)CN(CC(C)O)CC(C)O.CC(O)CN(CC(C)O)CC(C)O.O=S(=O)([O-])c1cc(Nc2nc(Nc3cccc(S(=O)(=O)O)c3)nc(Nc3cccc(S(=O)(=O)O)c3)n2)ccc1/C=C/c1ccc(Nc2nc(Nc3cccc(S(=O)(=O)O)c3)nc(Nc3cccc(S(=O)(=O)O)c3)n2)cc1S(=O)(=O)[O-].[Na+].[Na+]. The van der Waals surface area contributed by atoms with Gasteiger partial charge in [-0.25, -0.2) is 16.8 Å². The van der Waals surface area contributed by atoms with Crippen molar-refractivity contribution < 1.29 is 198 Å². The van der Waals surface area contributed by atoms with Gasteiger partial charge in [-0.05, 0) is 191 Å². The van der Waals surface area contributed by atoms with E-state index in [1.165, 1.54) is 60.7 Å². The largest absolute Gasteiger partial charge is 1.00 e. The smallest absolute Gasteiger partial charge is 0.744 e. The molecule has 0 fully saturated rings. The van der Waals surface area contributed by atoms with E-state index in [0.29, 0.717) is 78.5 Å². The average Bonchev–Trinajstić information content (AvgIpc) is 0.798. The number of anilines is 12. The molecular weight excluding hydrogens is 1900 g/mol. The van der Waals surface area contributed by atoms with Crippen LogP contribution in [0.5, 0.6) is 0 Å². The van der Waals surface area contributed by atoms with Crippen LogP contribution in [0.4, 0.5) is 69.8 Å². The van der Waals surface area contributed by atoms with Crippen molar-refractivity contribution in [2.45, 2.75) is 186 Å². The maximum atomic E-state index is 12.7. The summed E-state index contributed by atoms with van der Waals surface area (Å²) in [5, 5.41) is 126. The second kappa shape index (κ2) is 57.3. The summed E-state index contributed by atoms with van der Waals surface area (Å²) in [4.78, 5) is 28.7. The third-order valence-corrected chi connectivity index (χ3v) is 21.8. The van der Waals surface area contributed by atoms with Crippen molar-refractivity contribution in [2.24, 2.45) is 0 Å². The molecule has 12 atom stereocenters. The second-order valence-electron chi connectivity index (χ2n) is 31.2. The molecule has 0 saturated carbocycles. The summed E-state index contributed by atoms with van der Waals surface area (Å²) >= 11 is 0. The fourth-order valence-electron chi connectivity index (χ4n) is 12.3. The van der Waals surface area contributed by atoms with E-state index in [0.717, 1.165) is 84.9 Å². The first-order chi connectivity index (χ1) is 61.0. The van der Waals surface area contributed by atoms with Gasteiger partial charge in [-0.2, -0.15) is 63.6 Å². The number of benzene rings is 6. The molecule has 0 amide bonds. The molecule has 22 N–H and O–H groups in total. The predicted octanol–water partition coefficient (Wildman–Crippen LogP) is -2.79. The number of rotatable bonds is 44. The summed E-state index contributed by atoms with van der Waals surface area (Å²) in [6.07, 6.45) is -3.17. The zero-order chi connectivity index (χ0) is 99.7. The minimum atomic E-state index is -5.38. The van der Waals surface area contributed by atoms with E-state index in [9.17, 15) is 77.8 Å². The summed E-state index contributed by atoms with van der Waals surface area (Å²) in [5.74, 6) is -2.08.